The van der Waals surface area contributed by atoms with Crippen LogP contribution in [-0.4, -0.2) is 9.97 Å². The second-order valence-corrected chi connectivity index (χ2v) is 5.94. The van der Waals surface area contributed by atoms with Gasteiger partial charge in [-0.2, -0.15) is 0 Å². The smallest absolute Gasteiger partial charge is 0.140 e. The molecule has 1 aromatic carbocycles. The Bertz CT molecular complexity index is 788. The lowest BCUT2D eigenvalue weighted by atomic mass is 10.2. The number of rotatable bonds is 3. The fourth-order valence-corrected chi connectivity index (χ4v) is 3.07. The van der Waals surface area contributed by atoms with E-state index in [9.17, 15) is 0 Å². The topological polar surface area (TPSA) is 63.8 Å². The minimum atomic E-state index is 0.588. The number of thiazole rings is 1. The molecule has 3 aromatic rings. The van der Waals surface area contributed by atoms with Crippen molar-refractivity contribution < 1.29 is 0 Å². The van der Waals surface area contributed by atoms with Gasteiger partial charge in [-0.15, -0.1) is 11.3 Å². The quantitative estimate of drug-likeness (QED) is 0.547. The fraction of sp³-hybridized carbons (Fsp3) is 0. The molecule has 0 aliphatic rings. The van der Waals surface area contributed by atoms with Gasteiger partial charge in [0, 0.05) is 27.7 Å². The van der Waals surface area contributed by atoms with Crippen molar-refractivity contribution in [2.24, 2.45) is 5.84 Å². The van der Waals surface area contributed by atoms with E-state index in [1.165, 1.54) is 11.3 Å². The maximum Gasteiger partial charge on any atom is 0.140 e. The molecule has 0 radical (unpaired) electrons. The number of nitrogens with zero attached hydrogens (tertiary/aromatic N) is 2. The van der Waals surface area contributed by atoms with E-state index in [0.29, 0.717) is 15.9 Å². The van der Waals surface area contributed by atoms with Crippen LogP contribution >= 0.6 is 34.5 Å². The number of hydrazine groups is 1. The molecule has 21 heavy (non-hydrogen) atoms. The zero-order valence-electron chi connectivity index (χ0n) is 10.7. The zero-order valence-corrected chi connectivity index (χ0v) is 13.0. The fourth-order valence-electron chi connectivity index (χ4n) is 1.87. The first-order chi connectivity index (χ1) is 10.2. The lowest BCUT2D eigenvalue weighted by molar-refractivity contribution is 1.23. The Kier molecular flexibility index (Phi) is 4.07. The predicted octanol–water partition coefficient (Wildman–Crippen LogP) is 4.46. The van der Waals surface area contributed by atoms with Crippen molar-refractivity contribution in [3.63, 3.8) is 0 Å². The first-order valence-electron chi connectivity index (χ1n) is 6.01. The van der Waals surface area contributed by atoms with Gasteiger partial charge in [-0.25, -0.2) is 15.8 Å². The van der Waals surface area contributed by atoms with Crippen LogP contribution in [0.3, 0.4) is 0 Å². The van der Waals surface area contributed by atoms with Crippen molar-refractivity contribution in [2.75, 3.05) is 5.43 Å². The molecular weight excluding hydrogens is 327 g/mol. The van der Waals surface area contributed by atoms with Crippen LogP contribution in [0, 0.1) is 0 Å². The van der Waals surface area contributed by atoms with E-state index in [0.717, 1.165) is 21.8 Å². The summed E-state index contributed by atoms with van der Waals surface area (Å²) in [7, 11) is 0. The van der Waals surface area contributed by atoms with Gasteiger partial charge in [-0.3, -0.25) is 0 Å². The van der Waals surface area contributed by atoms with Crippen molar-refractivity contribution in [2.45, 2.75) is 0 Å². The van der Waals surface area contributed by atoms with Crippen LogP contribution in [0.25, 0.3) is 21.8 Å². The molecule has 3 N–H and O–H groups in total. The molecule has 3 rings (SSSR count). The van der Waals surface area contributed by atoms with Crippen LogP contribution in [0.1, 0.15) is 0 Å². The molecule has 4 nitrogen and oxygen atoms in total. The normalized spacial score (nSPS) is 10.6. The average Bonchev–Trinajstić information content (AvgIpc) is 2.99. The summed E-state index contributed by atoms with van der Waals surface area (Å²) in [5.41, 5.74) is 5.07. The van der Waals surface area contributed by atoms with Gasteiger partial charge in [-0.1, -0.05) is 23.2 Å². The molecule has 0 bridgehead atoms. The summed E-state index contributed by atoms with van der Waals surface area (Å²) in [6.45, 7) is 0. The number of hydrogen-bond donors (Lipinski definition) is 2. The lowest BCUT2D eigenvalue weighted by Gasteiger charge is -2.02. The summed E-state index contributed by atoms with van der Waals surface area (Å²) in [4.78, 5) is 8.68. The van der Waals surface area contributed by atoms with E-state index >= 15 is 0 Å². The average molecular weight is 337 g/mol. The van der Waals surface area contributed by atoms with Crippen LogP contribution in [-0.2, 0) is 0 Å². The van der Waals surface area contributed by atoms with E-state index in [4.69, 9.17) is 29.0 Å². The second-order valence-electron chi connectivity index (χ2n) is 4.24. The SMILES string of the molecule is NNc1cc(-c2nc(-c3cc(Cl)ccc3Cl)cs2)ccn1. The summed E-state index contributed by atoms with van der Waals surface area (Å²) in [5.74, 6) is 5.96. The molecule has 0 saturated carbocycles. The van der Waals surface area contributed by atoms with Crippen LogP contribution in [0.15, 0.2) is 41.9 Å². The van der Waals surface area contributed by atoms with Crippen LogP contribution in [0.2, 0.25) is 10.0 Å². The first-order valence-corrected chi connectivity index (χ1v) is 7.65. The molecule has 0 saturated heterocycles. The number of anilines is 1. The summed E-state index contributed by atoms with van der Waals surface area (Å²) >= 11 is 13.7. The summed E-state index contributed by atoms with van der Waals surface area (Å²) in [5, 5.41) is 4.06. The van der Waals surface area contributed by atoms with E-state index < -0.39 is 0 Å². The molecule has 2 heterocycles. The third-order valence-electron chi connectivity index (χ3n) is 2.86. The number of nitrogens with one attached hydrogen (secondary N) is 1. The molecular formula is C14H10Cl2N4S. The molecule has 0 aliphatic heterocycles. The molecule has 0 amide bonds. The summed E-state index contributed by atoms with van der Waals surface area (Å²) in [6, 6.07) is 9.04. The van der Waals surface area contributed by atoms with E-state index in [-0.39, 0.29) is 0 Å². The maximum absolute atomic E-state index is 6.20. The van der Waals surface area contributed by atoms with Gasteiger partial charge in [0.05, 0.1) is 10.7 Å². The standard InChI is InChI=1S/C14H10Cl2N4S/c15-9-1-2-11(16)10(6-9)12-7-21-14(19-12)8-3-4-18-13(5-8)20-17/h1-7H,17H2,(H,18,20). The first kappa shape index (κ1) is 14.3. The van der Waals surface area contributed by atoms with Crippen molar-refractivity contribution >= 4 is 40.4 Å². The van der Waals surface area contributed by atoms with Gasteiger partial charge in [0.15, 0.2) is 0 Å². The second kappa shape index (κ2) is 5.99. The largest absolute Gasteiger partial charge is 0.308 e. The highest BCUT2D eigenvalue weighted by Crippen LogP contribution is 2.34. The van der Waals surface area contributed by atoms with Crippen molar-refractivity contribution in [1.82, 2.24) is 9.97 Å². The molecule has 0 fully saturated rings. The molecule has 2 aromatic heterocycles. The Morgan fingerprint density at radius 2 is 2.00 bits per heavy atom. The Morgan fingerprint density at radius 1 is 1.14 bits per heavy atom. The van der Waals surface area contributed by atoms with E-state index in [2.05, 4.69) is 15.4 Å². The molecule has 106 valence electrons. The molecule has 0 spiro atoms. The highest BCUT2D eigenvalue weighted by Gasteiger charge is 2.10. The van der Waals surface area contributed by atoms with Gasteiger partial charge >= 0.3 is 0 Å². The zero-order chi connectivity index (χ0) is 14.8. The summed E-state index contributed by atoms with van der Waals surface area (Å²) < 4.78 is 0. The minimum Gasteiger partial charge on any atom is -0.308 e. The Hall–Kier alpha value is -1.66. The number of hydrogen-bond acceptors (Lipinski definition) is 5. The van der Waals surface area contributed by atoms with E-state index in [1.54, 1.807) is 18.3 Å². The monoisotopic (exact) mass is 336 g/mol. The molecule has 0 atom stereocenters. The molecule has 7 heteroatoms. The van der Waals surface area contributed by atoms with Gasteiger partial charge in [0.1, 0.15) is 10.8 Å². The van der Waals surface area contributed by atoms with Crippen LogP contribution in [0.5, 0.6) is 0 Å². The van der Waals surface area contributed by atoms with Crippen molar-refractivity contribution in [3.05, 3.63) is 52.0 Å². The molecule has 0 unspecified atom stereocenters. The Labute approximate surface area is 135 Å². The van der Waals surface area contributed by atoms with Gasteiger partial charge < -0.3 is 5.43 Å². The number of pyridine rings is 1. The third kappa shape index (κ3) is 3.01. The van der Waals surface area contributed by atoms with Gasteiger partial charge in [-0.05, 0) is 30.3 Å². The number of benzene rings is 1. The lowest BCUT2D eigenvalue weighted by Crippen LogP contribution is -2.08. The third-order valence-corrected chi connectivity index (χ3v) is 4.32. The van der Waals surface area contributed by atoms with Crippen LogP contribution < -0.4 is 11.3 Å². The van der Waals surface area contributed by atoms with Gasteiger partial charge in [0.2, 0.25) is 0 Å². The van der Waals surface area contributed by atoms with Crippen molar-refractivity contribution in [1.29, 1.82) is 0 Å². The maximum atomic E-state index is 6.20. The summed E-state index contributed by atoms with van der Waals surface area (Å²) in [6.07, 6.45) is 1.68. The van der Waals surface area contributed by atoms with Crippen LogP contribution in [0.4, 0.5) is 5.82 Å². The number of nitrogens with two attached hydrogens (primary N) is 1. The number of nitrogen functional groups attached to an aromatic ring is 1. The van der Waals surface area contributed by atoms with Gasteiger partial charge in [0.25, 0.3) is 0 Å². The molecule has 0 aliphatic carbocycles. The predicted molar refractivity (Wildman–Crippen MR) is 88.6 cm³/mol. The number of halogens is 2. The Morgan fingerprint density at radius 3 is 2.81 bits per heavy atom. The van der Waals surface area contributed by atoms with E-state index in [1.807, 2.05) is 23.6 Å². The highest BCUT2D eigenvalue weighted by atomic mass is 35.5. The Balaban J connectivity index is 2.01. The highest BCUT2D eigenvalue weighted by molar-refractivity contribution is 7.13. The minimum absolute atomic E-state index is 0.588. The number of aromatic nitrogens is 2. The van der Waals surface area contributed by atoms with Crippen molar-refractivity contribution in [3.8, 4) is 21.8 Å².